The fraction of sp³-hybridized carbons (Fsp3) is 0.818. The molecule has 0 saturated carbocycles. The van der Waals surface area contributed by atoms with E-state index in [1.807, 2.05) is 14.0 Å². The molecule has 0 aliphatic heterocycles. The number of carbonyl (C=O) groups is 2. The van der Waals surface area contributed by atoms with Gasteiger partial charge in [0, 0.05) is 12.6 Å². The number of carbonyl (C=O) groups excluding carboxylic acids is 1. The molecule has 0 fully saturated rings. The number of carboxylic acid groups (broad SMARTS) is 1. The van der Waals surface area contributed by atoms with Gasteiger partial charge in [0.15, 0.2) is 0 Å². The van der Waals surface area contributed by atoms with Gasteiger partial charge in [-0.1, -0.05) is 13.3 Å². The predicted octanol–water partition coefficient (Wildman–Crippen LogP) is 0.539. The maximum atomic E-state index is 11.4. The first kappa shape index (κ1) is 15.7. The molecular weight excluding hydrogens is 222 g/mol. The summed E-state index contributed by atoms with van der Waals surface area (Å²) in [7, 11) is 1.85. The van der Waals surface area contributed by atoms with Gasteiger partial charge in [-0.2, -0.15) is 0 Å². The Balaban J connectivity index is 3.82. The van der Waals surface area contributed by atoms with Gasteiger partial charge in [-0.3, -0.25) is 4.79 Å². The van der Waals surface area contributed by atoms with E-state index in [4.69, 9.17) is 5.11 Å². The Morgan fingerprint density at radius 1 is 1.29 bits per heavy atom. The number of amides is 2. The molecule has 0 rings (SSSR count). The molecule has 0 aromatic rings. The van der Waals surface area contributed by atoms with Gasteiger partial charge in [-0.05, 0) is 26.4 Å². The molecule has 4 N–H and O–H groups in total. The molecule has 1 atom stereocenters. The summed E-state index contributed by atoms with van der Waals surface area (Å²) in [6.45, 7) is 3.38. The topological polar surface area (TPSA) is 90.5 Å². The van der Waals surface area contributed by atoms with E-state index in [0.717, 1.165) is 19.4 Å². The van der Waals surface area contributed by atoms with E-state index in [1.165, 1.54) is 0 Å². The quantitative estimate of drug-likeness (QED) is 0.446. The van der Waals surface area contributed by atoms with E-state index < -0.39 is 5.97 Å². The highest BCUT2D eigenvalue weighted by atomic mass is 16.4. The molecule has 0 radical (unpaired) electrons. The summed E-state index contributed by atoms with van der Waals surface area (Å²) in [5, 5.41) is 17.0. The first-order valence-corrected chi connectivity index (χ1v) is 6.00. The third-order valence-electron chi connectivity index (χ3n) is 2.28. The van der Waals surface area contributed by atoms with Crippen LogP contribution in [0.25, 0.3) is 0 Å². The van der Waals surface area contributed by atoms with Crippen LogP contribution in [0.4, 0.5) is 4.79 Å². The minimum Gasteiger partial charge on any atom is -0.481 e. The molecule has 6 nitrogen and oxygen atoms in total. The van der Waals surface area contributed by atoms with Crippen LogP contribution in [0.1, 0.15) is 32.6 Å². The number of hydrogen-bond acceptors (Lipinski definition) is 3. The fourth-order valence-electron chi connectivity index (χ4n) is 1.49. The molecule has 17 heavy (non-hydrogen) atoms. The number of urea groups is 1. The van der Waals surface area contributed by atoms with E-state index in [2.05, 4.69) is 16.0 Å². The highest BCUT2D eigenvalue weighted by Crippen LogP contribution is 2.01. The molecule has 100 valence electrons. The zero-order valence-electron chi connectivity index (χ0n) is 10.6. The van der Waals surface area contributed by atoms with Crippen LogP contribution < -0.4 is 16.0 Å². The Morgan fingerprint density at radius 2 is 2.00 bits per heavy atom. The molecule has 0 aromatic heterocycles. The van der Waals surface area contributed by atoms with Gasteiger partial charge in [0.1, 0.15) is 0 Å². The van der Waals surface area contributed by atoms with Crippen LogP contribution in [0.2, 0.25) is 0 Å². The van der Waals surface area contributed by atoms with Crippen molar-refractivity contribution in [2.45, 2.75) is 38.6 Å². The molecule has 2 amide bonds. The monoisotopic (exact) mass is 245 g/mol. The van der Waals surface area contributed by atoms with Gasteiger partial charge < -0.3 is 21.1 Å². The summed E-state index contributed by atoms with van der Waals surface area (Å²) >= 11 is 0. The zero-order chi connectivity index (χ0) is 13.1. The summed E-state index contributed by atoms with van der Waals surface area (Å²) in [6.07, 6.45) is 2.34. The summed E-state index contributed by atoms with van der Waals surface area (Å²) in [6, 6.07) is -0.581. The molecular formula is C11H23N3O3. The summed E-state index contributed by atoms with van der Waals surface area (Å²) in [5.74, 6) is -0.890. The third kappa shape index (κ3) is 9.62. The Morgan fingerprint density at radius 3 is 2.53 bits per heavy atom. The molecule has 0 bridgehead atoms. The van der Waals surface area contributed by atoms with Crippen molar-refractivity contribution in [3.05, 3.63) is 0 Å². The fourth-order valence-corrected chi connectivity index (χ4v) is 1.49. The van der Waals surface area contributed by atoms with Crippen molar-refractivity contribution in [3.8, 4) is 0 Å². The van der Waals surface area contributed by atoms with Crippen molar-refractivity contribution in [2.75, 3.05) is 20.1 Å². The number of rotatable bonds is 9. The van der Waals surface area contributed by atoms with Crippen LogP contribution >= 0.6 is 0 Å². The van der Waals surface area contributed by atoms with Crippen molar-refractivity contribution in [2.24, 2.45) is 0 Å². The minimum atomic E-state index is -0.890. The summed E-state index contributed by atoms with van der Waals surface area (Å²) < 4.78 is 0. The number of carboxylic acids is 1. The molecule has 0 aliphatic rings. The van der Waals surface area contributed by atoms with Crippen molar-refractivity contribution in [3.63, 3.8) is 0 Å². The lowest BCUT2D eigenvalue weighted by Crippen LogP contribution is -2.43. The molecule has 0 spiro atoms. The van der Waals surface area contributed by atoms with E-state index in [9.17, 15) is 9.59 Å². The van der Waals surface area contributed by atoms with E-state index >= 15 is 0 Å². The molecule has 0 heterocycles. The second kappa shape index (κ2) is 9.89. The van der Waals surface area contributed by atoms with Gasteiger partial charge >= 0.3 is 12.0 Å². The van der Waals surface area contributed by atoms with Gasteiger partial charge in [0.2, 0.25) is 0 Å². The Labute approximate surface area is 102 Å². The third-order valence-corrected chi connectivity index (χ3v) is 2.28. The van der Waals surface area contributed by atoms with Gasteiger partial charge in [-0.25, -0.2) is 4.79 Å². The number of nitrogens with one attached hydrogen (secondary N) is 3. The molecule has 6 heteroatoms. The van der Waals surface area contributed by atoms with Crippen LogP contribution in [-0.4, -0.2) is 43.3 Å². The SMILES string of the molecule is CCCC(CC(=O)O)NC(=O)NCCCNC. The smallest absolute Gasteiger partial charge is 0.315 e. The highest BCUT2D eigenvalue weighted by molar-refractivity contribution is 5.75. The standard InChI is InChI=1S/C11H23N3O3/c1-3-5-9(8-10(15)16)14-11(17)13-7-4-6-12-2/h9,12H,3-8H2,1-2H3,(H,15,16)(H2,13,14,17). The van der Waals surface area contributed by atoms with Gasteiger partial charge in [-0.15, -0.1) is 0 Å². The van der Waals surface area contributed by atoms with Gasteiger partial charge in [0.25, 0.3) is 0 Å². The largest absolute Gasteiger partial charge is 0.481 e. The Kier molecular flexibility index (Phi) is 9.14. The van der Waals surface area contributed by atoms with Crippen molar-refractivity contribution in [1.82, 2.24) is 16.0 Å². The lowest BCUT2D eigenvalue weighted by atomic mass is 10.1. The zero-order valence-corrected chi connectivity index (χ0v) is 10.6. The van der Waals surface area contributed by atoms with Crippen LogP contribution in [0.15, 0.2) is 0 Å². The second-order valence-corrected chi connectivity index (χ2v) is 3.94. The van der Waals surface area contributed by atoms with E-state index in [1.54, 1.807) is 0 Å². The second-order valence-electron chi connectivity index (χ2n) is 3.94. The Bertz CT molecular complexity index is 234. The summed E-state index contributed by atoms with van der Waals surface area (Å²) in [4.78, 5) is 22.0. The van der Waals surface area contributed by atoms with Crippen LogP contribution in [-0.2, 0) is 4.79 Å². The maximum Gasteiger partial charge on any atom is 0.315 e. The van der Waals surface area contributed by atoms with Crippen molar-refractivity contribution in [1.29, 1.82) is 0 Å². The lowest BCUT2D eigenvalue weighted by molar-refractivity contribution is -0.137. The highest BCUT2D eigenvalue weighted by Gasteiger charge is 2.14. The molecule has 0 aliphatic carbocycles. The number of aliphatic carboxylic acids is 1. The molecule has 0 aromatic carbocycles. The normalized spacial score (nSPS) is 11.9. The van der Waals surface area contributed by atoms with E-state index in [0.29, 0.717) is 13.0 Å². The summed E-state index contributed by atoms with van der Waals surface area (Å²) in [5.41, 5.74) is 0. The lowest BCUT2D eigenvalue weighted by Gasteiger charge is -2.16. The number of hydrogen-bond donors (Lipinski definition) is 4. The van der Waals surface area contributed by atoms with Crippen molar-refractivity contribution >= 4 is 12.0 Å². The Hall–Kier alpha value is -1.30. The average Bonchev–Trinajstić information content (AvgIpc) is 2.24. The predicted molar refractivity (Wildman–Crippen MR) is 66.0 cm³/mol. The maximum absolute atomic E-state index is 11.4. The first-order valence-electron chi connectivity index (χ1n) is 6.00. The van der Waals surface area contributed by atoms with Crippen molar-refractivity contribution < 1.29 is 14.7 Å². The van der Waals surface area contributed by atoms with Crippen LogP contribution in [0, 0.1) is 0 Å². The van der Waals surface area contributed by atoms with Crippen LogP contribution in [0.5, 0.6) is 0 Å². The molecule has 1 unspecified atom stereocenters. The van der Waals surface area contributed by atoms with Gasteiger partial charge in [0.05, 0.1) is 6.42 Å². The van der Waals surface area contributed by atoms with E-state index in [-0.39, 0.29) is 18.5 Å². The molecule has 0 saturated heterocycles. The average molecular weight is 245 g/mol. The van der Waals surface area contributed by atoms with Crippen LogP contribution in [0.3, 0.4) is 0 Å². The minimum absolute atomic E-state index is 0.0300. The first-order chi connectivity index (χ1) is 8.10.